The Kier molecular flexibility index (Phi) is 7.12. The standard InChI is InChI=1S/C8H14.C7H12O2.C4H8/c1-6-4-7-2-3-8(6)5-7;1-6(8)7(2)4-3-5-9-7;1-4(2)3/h6-8H,2-5H2,1H3;3-5H2,1-2H3;1H2,2-3H3. The van der Waals surface area contributed by atoms with Gasteiger partial charge in [0.05, 0.1) is 0 Å². The third kappa shape index (κ3) is 5.94. The average Bonchev–Trinajstić information content (AvgIpc) is 3.05. The molecule has 0 radical (unpaired) electrons. The van der Waals surface area contributed by atoms with Gasteiger partial charge in [-0.25, -0.2) is 0 Å². The van der Waals surface area contributed by atoms with Gasteiger partial charge < -0.3 is 4.74 Å². The fourth-order valence-corrected chi connectivity index (χ4v) is 3.62. The monoisotopic (exact) mass is 294 g/mol. The lowest BCUT2D eigenvalue weighted by atomic mass is 9.91. The molecule has 4 atom stereocenters. The summed E-state index contributed by atoms with van der Waals surface area (Å²) in [4.78, 5) is 10.8. The molecule has 2 nitrogen and oxygen atoms in total. The maximum atomic E-state index is 10.8. The number of Topliss-reactive ketones (excluding diaryl/α,β-unsaturated/α-hetero) is 1. The molecule has 0 aromatic rings. The van der Waals surface area contributed by atoms with Crippen LogP contribution in [0, 0.1) is 17.8 Å². The van der Waals surface area contributed by atoms with Crippen molar-refractivity contribution in [3.05, 3.63) is 12.2 Å². The Bertz CT molecular complexity index is 347. The zero-order chi connectivity index (χ0) is 16.0. The van der Waals surface area contributed by atoms with E-state index in [9.17, 15) is 4.79 Å². The zero-order valence-corrected chi connectivity index (χ0v) is 14.7. The van der Waals surface area contributed by atoms with Crippen LogP contribution in [-0.4, -0.2) is 18.0 Å². The molecule has 3 aliphatic rings. The van der Waals surface area contributed by atoms with Gasteiger partial charge in [-0.15, -0.1) is 6.58 Å². The van der Waals surface area contributed by atoms with Crippen LogP contribution in [0.1, 0.15) is 73.1 Å². The molecule has 0 spiro atoms. The van der Waals surface area contributed by atoms with Crippen molar-refractivity contribution in [1.29, 1.82) is 0 Å². The van der Waals surface area contributed by atoms with Gasteiger partial charge in [0.25, 0.3) is 0 Å². The zero-order valence-electron chi connectivity index (χ0n) is 14.7. The largest absolute Gasteiger partial charge is 0.368 e. The minimum Gasteiger partial charge on any atom is -0.368 e. The van der Waals surface area contributed by atoms with Gasteiger partial charge in [0.1, 0.15) is 5.60 Å². The molecule has 2 bridgehead atoms. The Hall–Kier alpha value is -0.630. The molecule has 0 aromatic heterocycles. The minimum absolute atomic E-state index is 0.153. The minimum atomic E-state index is -0.444. The number of carbonyl (C=O) groups excluding carboxylic acids is 1. The molecule has 122 valence electrons. The van der Waals surface area contributed by atoms with Gasteiger partial charge in [0, 0.05) is 6.61 Å². The number of carbonyl (C=O) groups is 1. The van der Waals surface area contributed by atoms with Crippen molar-refractivity contribution < 1.29 is 9.53 Å². The summed E-state index contributed by atoms with van der Waals surface area (Å²) in [6.45, 7) is 14.1. The van der Waals surface area contributed by atoms with E-state index < -0.39 is 5.60 Å². The van der Waals surface area contributed by atoms with E-state index in [4.69, 9.17) is 4.74 Å². The molecule has 3 rings (SSSR count). The lowest BCUT2D eigenvalue weighted by Crippen LogP contribution is -2.31. The maximum absolute atomic E-state index is 10.8. The highest BCUT2D eigenvalue weighted by molar-refractivity contribution is 5.84. The Morgan fingerprint density at radius 3 is 2.00 bits per heavy atom. The molecule has 1 saturated heterocycles. The molecule has 1 heterocycles. The van der Waals surface area contributed by atoms with Crippen LogP contribution in [-0.2, 0) is 9.53 Å². The van der Waals surface area contributed by atoms with Gasteiger partial charge in [-0.3, -0.25) is 4.79 Å². The molecule has 1 aliphatic heterocycles. The van der Waals surface area contributed by atoms with Crippen molar-refractivity contribution in [2.24, 2.45) is 17.8 Å². The molecule has 2 aliphatic carbocycles. The van der Waals surface area contributed by atoms with Crippen LogP contribution in [0.4, 0.5) is 0 Å². The van der Waals surface area contributed by atoms with Crippen molar-refractivity contribution in [3.63, 3.8) is 0 Å². The van der Waals surface area contributed by atoms with Gasteiger partial charge in [-0.1, -0.05) is 18.9 Å². The molecule has 0 N–H and O–H groups in total. The van der Waals surface area contributed by atoms with Crippen LogP contribution in [0.15, 0.2) is 12.2 Å². The molecular formula is C19H34O2. The fraction of sp³-hybridized carbons (Fsp3) is 0.842. The van der Waals surface area contributed by atoms with Crippen LogP contribution in [0.5, 0.6) is 0 Å². The molecule has 3 fully saturated rings. The highest BCUT2D eigenvalue weighted by atomic mass is 16.5. The number of ketones is 1. The molecular weight excluding hydrogens is 260 g/mol. The van der Waals surface area contributed by atoms with Crippen molar-refractivity contribution in [3.8, 4) is 0 Å². The number of hydrogen-bond acceptors (Lipinski definition) is 2. The number of hydrogen-bond donors (Lipinski definition) is 0. The first-order valence-corrected chi connectivity index (χ1v) is 8.51. The van der Waals surface area contributed by atoms with E-state index in [1.54, 1.807) is 32.6 Å². The molecule has 2 heteroatoms. The van der Waals surface area contributed by atoms with E-state index >= 15 is 0 Å². The van der Waals surface area contributed by atoms with Gasteiger partial charge in [-0.05, 0) is 77.6 Å². The van der Waals surface area contributed by atoms with Crippen LogP contribution >= 0.6 is 0 Å². The summed E-state index contributed by atoms with van der Waals surface area (Å²) < 4.78 is 5.25. The van der Waals surface area contributed by atoms with Crippen molar-refractivity contribution in [1.82, 2.24) is 0 Å². The summed E-state index contributed by atoms with van der Waals surface area (Å²) in [6, 6.07) is 0. The number of allylic oxidation sites excluding steroid dienone is 1. The second-order valence-corrected chi connectivity index (χ2v) is 7.60. The van der Waals surface area contributed by atoms with Gasteiger partial charge in [0.15, 0.2) is 5.78 Å². The summed E-state index contributed by atoms with van der Waals surface area (Å²) in [5.74, 6) is 3.52. The summed E-state index contributed by atoms with van der Waals surface area (Å²) >= 11 is 0. The van der Waals surface area contributed by atoms with Gasteiger partial charge in [-0.2, -0.15) is 0 Å². The number of ether oxygens (including phenoxy) is 1. The quantitative estimate of drug-likeness (QED) is 0.624. The smallest absolute Gasteiger partial charge is 0.161 e. The summed E-state index contributed by atoms with van der Waals surface area (Å²) in [7, 11) is 0. The highest BCUT2D eigenvalue weighted by Crippen LogP contribution is 2.47. The van der Waals surface area contributed by atoms with Gasteiger partial charge in [0.2, 0.25) is 0 Å². The Morgan fingerprint density at radius 2 is 1.81 bits per heavy atom. The third-order valence-corrected chi connectivity index (χ3v) is 5.06. The summed E-state index contributed by atoms with van der Waals surface area (Å²) in [5, 5.41) is 0. The lowest BCUT2D eigenvalue weighted by molar-refractivity contribution is -0.134. The highest BCUT2D eigenvalue weighted by Gasteiger charge is 2.36. The van der Waals surface area contributed by atoms with E-state index in [1.165, 1.54) is 5.57 Å². The normalized spacial score (nSPS) is 36.3. The molecule has 0 aromatic carbocycles. The first-order valence-electron chi connectivity index (χ1n) is 8.51. The van der Waals surface area contributed by atoms with Crippen LogP contribution in [0.25, 0.3) is 0 Å². The van der Waals surface area contributed by atoms with Crippen molar-refractivity contribution >= 4 is 5.78 Å². The second-order valence-electron chi connectivity index (χ2n) is 7.60. The molecule has 4 unspecified atom stereocenters. The first-order chi connectivity index (χ1) is 9.74. The average molecular weight is 294 g/mol. The SMILES string of the molecule is C=C(C)C.CC(=O)C1(C)CCCO1.CC1CC2CCC1C2. The molecule has 2 saturated carbocycles. The lowest BCUT2D eigenvalue weighted by Gasteiger charge is -2.18. The first kappa shape index (κ1) is 18.4. The van der Waals surface area contributed by atoms with E-state index in [0.717, 1.165) is 37.2 Å². The predicted octanol–water partition coefficient (Wildman–Crippen LogP) is 5.17. The van der Waals surface area contributed by atoms with E-state index in [-0.39, 0.29) is 5.78 Å². The van der Waals surface area contributed by atoms with Crippen LogP contribution in [0.2, 0.25) is 0 Å². The van der Waals surface area contributed by atoms with Crippen LogP contribution < -0.4 is 0 Å². The topological polar surface area (TPSA) is 26.3 Å². The number of rotatable bonds is 1. The van der Waals surface area contributed by atoms with Crippen molar-refractivity contribution in [2.75, 3.05) is 6.61 Å². The maximum Gasteiger partial charge on any atom is 0.161 e. The fourth-order valence-electron chi connectivity index (χ4n) is 3.62. The van der Waals surface area contributed by atoms with Crippen molar-refractivity contribution in [2.45, 2.75) is 78.7 Å². The van der Waals surface area contributed by atoms with E-state index in [2.05, 4.69) is 13.5 Å². The van der Waals surface area contributed by atoms with E-state index in [0.29, 0.717) is 0 Å². The Morgan fingerprint density at radius 1 is 1.19 bits per heavy atom. The molecule has 21 heavy (non-hydrogen) atoms. The Balaban J connectivity index is 0.000000170. The van der Waals surface area contributed by atoms with Gasteiger partial charge >= 0.3 is 0 Å². The second kappa shape index (κ2) is 8.12. The predicted molar refractivity (Wildman–Crippen MR) is 89.4 cm³/mol. The number of fused-ring (bicyclic) bond motifs is 2. The summed E-state index contributed by atoms with van der Waals surface area (Å²) in [6.07, 6.45) is 8.13. The third-order valence-electron chi connectivity index (χ3n) is 5.06. The Labute approximate surface area is 131 Å². The molecule has 0 amide bonds. The summed E-state index contributed by atoms with van der Waals surface area (Å²) in [5.41, 5.74) is 0.722. The van der Waals surface area contributed by atoms with Crippen LogP contribution in [0.3, 0.4) is 0 Å². The van der Waals surface area contributed by atoms with E-state index in [1.807, 2.05) is 20.8 Å².